The van der Waals surface area contributed by atoms with Crippen molar-refractivity contribution >= 4 is 11.8 Å². The third-order valence-electron chi connectivity index (χ3n) is 9.12. The van der Waals surface area contributed by atoms with E-state index in [1.54, 1.807) is 26.8 Å². The summed E-state index contributed by atoms with van der Waals surface area (Å²) in [5, 5.41) is 23.7. The number of ether oxygens (including phenoxy) is 3. The third kappa shape index (κ3) is 3.93. The van der Waals surface area contributed by atoms with Gasteiger partial charge in [0.05, 0.1) is 36.8 Å². The molecule has 1 saturated carbocycles. The maximum absolute atomic E-state index is 13.8. The van der Waals surface area contributed by atoms with Crippen molar-refractivity contribution in [1.82, 2.24) is 4.90 Å². The lowest BCUT2D eigenvalue weighted by atomic mass is 9.44. The Morgan fingerprint density at radius 1 is 1.26 bits per heavy atom. The zero-order chi connectivity index (χ0) is 25.9. The lowest BCUT2D eigenvalue weighted by molar-refractivity contribution is -0.305. The zero-order valence-corrected chi connectivity index (χ0v) is 21.8. The lowest BCUT2D eigenvalue weighted by Gasteiger charge is -2.66. The highest BCUT2D eigenvalue weighted by atomic mass is 16.6. The number of aliphatic hydroxyl groups is 2. The number of nitrogens with zero attached hydrogens (tertiary/aromatic N) is 1. The first-order valence-corrected chi connectivity index (χ1v) is 12.7. The topological polar surface area (TPSA) is 106 Å². The van der Waals surface area contributed by atoms with E-state index in [-0.39, 0.29) is 12.8 Å². The summed E-state index contributed by atoms with van der Waals surface area (Å²) in [5.41, 5.74) is -5.74. The molecule has 8 nitrogen and oxygen atoms in total. The number of hydrogen-bond donors (Lipinski definition) is 2. The molecule has 2 N–H and O–H groups in total. The summed E-state index contributed by atoms with van der Waals surface area (Å²) >= 11 is 0. The van der Waals surface area contributed by atoms with Gasteiger partial charge in [0.2, 0.25) is 0 Å². The summed E-state index contributed by atoms with van der Waals surface area (Å²) in [6, 6.07) is 0. The molecule has 2 aliphatic heterocycles. The van der Waals surface area contributed by atoms with E-state index in [1.807, 2.05) is 19.9 Å². The molecule has 0 unspecified atom stereocenters. The minimum Gasteiger partial charge on any atom is -0.455 e. The molecule has 196 valence electrons. The highest BCUT2D eigenvalue weighted by Crippen LogP contribution is 2.64. The van der Waals surface area contributed by atoms with Crippen LogP contribution in [-0.2, 0) is 23.8 Å². The molecule has 0 bridgehead atoms. The maximum Gasteiger partial charge on any atom is 0.307 e. The highest BCUT2D eigenvalue weighted by Gasteiger charge is 2.76. The van der Waals surface area contributed by atoms with Gasteiger partial charge < -0.3 is 24.4 Å². The van der Waals surface area contributed by atoms with E-state index >= 15 is 0 Å². The zero-order valence-electron chi connectivity index (χ0n) is 21.8. The molecular formula is C27H41NO7. The summed E-state index contributed by atoms with van der Waals surface area (Å²) < 4.78 is 17.8. The summed E-state index contributed by atoms with van der Waals surface area (Å²) in [7, 11) is 0. The quantitative estimate of drug-likeness (QED) is 0.445. The predicted molar refractivity (Wildman–Crippen MR) is 130 cm³/mol. The number of fused-ring (bicyclic) bond motifs is 3. The van der Waals surface area contributed by atoms with Gasteiger partial charge in [-0.05, 0) is 45.1 Å². The molecule has 0 aromatic carbocycles. The second-order valence-corrected chi connectivity index (χ2v) is 11.9. The Hall–Kier alpha value is -1.58. The van der Waals surface area contributed by atoms with Crippen LogP contribution in [0.2, 0.25) is 0 Å². The second kappa shape index (κ2) is 8.77. The molecule has 2 heterocycles. The SMILES string of the molecule is C=C[C@@]1(C)CC(=O)[C@@]2(O)[C@](C)(O1)[C@@H](OC(=O)CCN1CCOCC1)C=C1C(C)(C)CC[C@H](O)[C@@]12C. The monoisotopic (exact) mass is 491 g/mol. The van der Waals surface area contributed by atoms with Gasteiger partial charge >= 0.3 is 5.97 Å². The van der Waals surface area contributed by atoms with Gasteiger partial charge in [0, 0.05) is 26.1 Å². The molecule has 0 aromatic rings. The van der Waals surface area contributed by atoms with E-state index in [4.69, 9.17) is 14.2 Å². The molecule has 35 heavy (non-hydrogen) atoms. The number of esters is 1. The summed E-state index contributed by atoms with van der Waals surface area (Å²) in [4.78, 5) is 29.0. The van der Waals surface area contributed by atoms with Crippen LogP contribution >= 0.6 is 0 Å². The van der Waals surface area contributed by atoms with Gasteiger partial charge in [0.1, 0.15) is 5.60 Å². The van der Waals surface area contributed by atoms with Crippen molar-refractivity contribution in [3.63, 3.8) is 0 Å². The molecule has 0 aromatic heterocycles. The van der Waals surface area contributed by atoms with E-state index in [2.05, 4.69) is 11.5 Å². The normalized spacial score (nSPS) is 43.5. The van der Waals surface area contributed by atoms with Gasteiger partial charge in [-0.1, -0.05) is 25.5 Å². The lowest BCUT2D eigenvalue weighted by Crippen LogP contribution is -2.81. The van der Waals surface area contributed by atoms with Crippen LogP contribution in [0.15, 0.2) is 24.3 Å². The van der Waals surface area contributed by atoms with Gasteiger partial charge in [-0.2, -0.15) is 0 Å². The molecule has 4 rings (SSSR count). The fourth-order valence-corrected chi connectivity index (χ4v) is 6.87. The molecule has 2 saturated heterocycles. The fraction of sp³-hybridized carbons (Fsp3) is 0.778. The van der Waals surface area contributed by atoms with Crippen molar-refractivity contribution in [2.45, 2.75) is 89.3 Å². The van der Waals surface area contributed by atoms with Crippen molar-refractivity contribution in [1.29, 1.82) is 0 Å². The molecule has 0 spiro atoms. The van der Waals surface area contributed by atoms with E-state index in [0.29, 0.717) is 32.6 Å². The molecule has 0 radical (unpaired) electrons. The Kier molecular flexibility index (Phi) is 6.63. The smallest absolute Gasteiger partial charge is 0.307 e. The largest absolute Gasteiger partial charge is 0.455 e. The molecule has 0 amide bonds. The molecule has 6 atom stereocenters. The van der Waals surface area contributed by atoms with Crippen LogP contribution in [0.5, 0.6) is 0 Å². The molecule has 8 heteroatoms. The molecule has 4 aliphatic rings. The Morgan fingerprint density at radius 3 is 2.54 bits per heavy atom. The van der Waals surface area contributed by atoms with Crippen LogP contribution in [-0.4, -0.2) is 88.7 Å². The van der Waals surface area contributed by atoms with Crippen LogP contribution in [0.25, 0.3) is 0 Å². The first-order chi connectivity index (χ1) is 16.2. The number of morpholine rings is 1. The minimum absolute atomic E-state index is 0.0870. The molecule has 3 fully saturated rings. The number of ketones is 1. The average molecular weight is 492 g/mol. The van der Waals surface area contributed by atoms with Gasteiger partial charge in [-0.15, -0.1) is 6.58 Å². The van der Waals surface area contributed by atoms with E-state index in [0.717, 1.165) is 18.7 Å². The number of Topliss-reactive ketones (excluding diaryl/α,β-unsaturated/α-hetero) is 1. The van der Waals surface area contributed by atoms with Crippen LogP contribution in [0.3, 0.4) is 0 Å². The molecular weight excluding hydrogens is 450 g/mol. The van der Waals surface area contributed by atoms with Crippen LogP contribution in [0.4, 0.5) is 0 Å². The average Bonchev–Trinajstić information content (AvgIpc) is 2.80. The van der Waals surface area contributed by atoms with Crippen LogP contribution in [0.1, 0.15) is 60.3 Å². The van der Waals surface area contributed by atoms with Crippen molar-refractivity contribution in [3.8, 4) is 0 Å². The van der Waals surface area contributed by atoms with Gasteiger partial charge in [-0.25, -0.2) is 0 Å². The number of rotatable bonds is 5. The van der Waals surface area contributed by atoms with Crippen molar-refractivity contribution in [2.75, 3.05) is 32.8 Å². The number of aliphatic hydroxyl groups excluding tert-OH is 1. The Morgan fingerprint density at radius 2 is 1.91 bits per heavy atom. The van der Waals surface area contributed by atoms with Crippen LogP contribution < -0.4 is 0 Å². The van der Waals surface area contributed by atoms with Crippen molar-refractivity contribution in [2.24, 2.45) is 10.8 Å². The van der Waals surface area contributed by atoms with E-state index < -0.39 is 51.6 Å². The number of hydrogen-bond acceptors (Lipinski definition) is 8. The van der Waals surface area contributed by atoms with Crippen molar-refractivity contribution < 1.29 is 34.0 Å². The summed E-state index contributed by atoms with van der Waals surface area (Å²) in [6.45, 7) is 16.4. The second-order valence-electron chi connectivity index (χ2n) is 11.9. The van der Waals surface area contributed by atoms with Crippen molar-refractivity contribution in [3.05, 3.63) is 24.3 Å². The van der Waals surface area contributed by atoms with Crippen LogP contribution in [0, 0.1) is 10.8 Å². The Labute approximate surface area is 208 Å². The predicted octanol–water partition coefficient (Wildman–Crippen LogP) is 2.17. The highest BCUT2D eigenvalue weighted by molar-refractivity contribution is 5.93. The van der Waals surface area contributed by atoms with Gasteiger partial charge in [0.15, 0.2) is 17.5 Å². The number of carbonyl (C=O) groups excluding carboxylic acids is 2. The van der Waals surface area contributed by atoms with Gasteiger partial charge in [-0.3, -0.25) is 14.5 Å². The fourth-order valence-electron chi connectivity index (χ4n) is 6.87. The Bertz CT molecular complexity index is 924. The first kappa shape index (κ1) is 26.5. The molecule has 2 aliphatic carbocycles. The summed E-state index contributed by atoms with van der Waals surface area (Å²) in [5.74, 6) is -0.866. The Balaban J connectivity index is 1.75. The third-order valence-corrected chi connectivity index (χ3v) is 9.12. The number of carbonyl (C=O) groups is 2. The van der Waals surface area contributed by atoms with Gasteiger partial charge in [0.25, 0.3) is 0 Å². The maximum atomic E-state index is 13.8. The minimum atomic E-state index is -2.10. The standard InChI is InChI=1S/C27H41NO7/c1-7-24(4)17-20(30)27(32)25(5)18(23(2,3)10-8-19(25)29)16-21(26(27,6)35-24)34-22(31)9-11-28-12-14-33-15-13-28/h7,16,19,21,29,32H,1,8-15,17H2,2-6H3/t19-,21-,24-,25+,26+,27-/m0/s1. The summed E-state index contributed by atoms with van der Waals surface area (Å²) in [6.07, 6.45) is 2.61. The van der Waals surface area contributed by atoms with E-state index in [9.17, 15) is 19.8 Å². The van der Waals surface area contributed by atoms with E-state index in [1.165, 1.54) is 0 Å². The first-order valence-electron chi connectivity index (χ1n) is 12.7.